The molecule has 2 N–H and O–H groups in total. The number of hydroxylamine groups is 2. The maximum atomic E-state index is 12.5. The standard InChI is InChI=1S/C16H26N4O4/c1-2-3-9-24-20-12-7-8-13(19(10-12)16(20)23)15(22)18-17-14(21)11-5-4-6-11/h11-13H,2-10H2,1H3,(H,17,21)(H,18,22)/t12-,13-/m0/s1. The van der Waals surface area contributed by atoms with E-state index in [1.54, 1.807) is 4.90 Å². The Bertz CT molecular complexity index is 508. The molecule has 2 heterocycles. The number of nitrogens with zero attached hydrogens (tertiary/aromatic N) is 2. The first-order valence-electron chi connectivity index (χ1n) is 8.94. The van der Waals surface area contributed by atoms with Crippen molar-refractivity contribution < 1.29 is 19.2 Å². The molecule has 2 saturated heterocycles. The van der Waals surface area contributed by atoms with Gasteiger partial charge in [0.2, 0.25) is 5.91 Å². The quantitative estimate of drug-likeness (QED) is 0.557. The van der Waals surface area contributed by atoms with Gasteiger partial charge < -0.3 is 4.90 Å². The summed E-state index contributed by atoms with van der Waals surface area (Å²) in [7, 11) is 0. The summed E-state index contributed by atoms with van der Waals surface area (Å²) in [6.07, 6.45) is 6.02. The Morgan fingerprint density at radius 2 is 1.92 bits per heavy atom. The molecule has 1 aliphatic carbocycles. The number of urea groups is 1. The Balaban J connectivity index is 1.51. The fraction of sp³-hybridized carbons (Fsp3) is 0.812. The van der Waals surface area contributed by atoms with Gasteiger partial charge in [0.05, 0.1) is 12.6 Å². The van der Waals surface area contributed by atoms with Crippen LogP contribution in [0.5, 0.6) is 0 Å². The molecule has 0 unspecified atom stereocenters. The molecule has 2 bridgehead atoms. The van der Waals surface area contributed by atoms with Crippen LogP contribution in [0, 0.1) is 5.92 Å². The van der Waals surface area contributed by atoms with Crippen LogP contribution in [0.15, 0.2) is 0 Å². The van der Waals surface area contributed by atoms with Crippen molar-refractivity contribution in [3.05, 3.63) is 0 Å². The van der Waals surface area contributed by atoms with Crippen LogP contribution in [-0.2, 0) is 14.4 Å². The third-order valence-electron chi connectivity index (χ3n) is 5.14. The molecule has 0 radical (unpaired) electrons. The maximum absolute atomic E-state index is 12.5. The van der Waals surface area contributed by atoms with Gasteiger partial charge in [-0.2, -0.15) is 5.06 Å². The number of unbranched alkanes of at least 4 members (excludes halogenated alkanes) is 1. The van der Waals surface area contributed by atoms with Crippen LogP contribution in [0.1, 0.15) is 51.9 Å². The second kappa shape index (κ2) is 7.38. The summed E-state index contributed by atoms with van der Waals surface area (Å²) in [4.78, 5) is 43.7. The van der Waals surface area contributed by atoms with Gasteiger partial charge in [-0.25, -0.2) is 4.79 Å². The molecular weight excluding hydrogens is 312 g/mol. The minimum Gasteiger partial charge on any atom is -0.309 e. The van der Waals surface area contributed by atoms with Crippen LogP contribution in [0.25, 0.3) is 0 Å². The molecule has 134 valence electrons. The highest BCUT2D eigenvalue weighted by Gasteiger charge is 2.48. The zero-order valence-corrected chi connectivity index (χ0v) is 14.1. The molecule has 24 heavy (non-hydrogen) atoms. The number of nitrogens with one attached hydrogen (secondary N) is 2. The zero-order valence-electron chi connectivity index (χ0n) is 14.1. The van der Waals surface area contributed by atoms with Gasteiger partial charge in [0.1, 0.15) is 6.04 Å². The van der Waals surface area contributed by atoms with Gasteiger partial charge in [0.15, 0.2) is 0 Å². The Kier molecular flexibility index (Phi) is 5.23. The van der Waals surface area contributed by atoms with Crippen LogP contribution >= 0.6 is 0 Å². The Morgan fingerprint density at radius 3 is 2.58 bits per heavy atom. The number of rotatable bonds is 6. The first-order valence-corrected chi connectivity index (χ1v) is 8.94. The van der Waals surface area contributed by atoms with E-state index in [1.165, 1.54) is 5.06 Å². The highest BCUT2D eigenvalue weighted by molar-refractivity contribution is 5.90. The summed E-state index contributed by atoms with van der Waals surface area (Å²) in [5.41, 5.74) is 4.97. The molecule has 3 rings (SSSR count). The average molecular weight is 338 g/mol. The van der Waals surface area contributed by atoms with E-state index in [1.807, 2.05) is 0 Å². The van der Waals surface area contributed by atoms with Crippen LogP contribution in [0.3, 0.4) is 0 Å². The van der Waals surface area contributed by atoms with E-state index in [2.05, 4.69) is 17.8 Å². The summed E-state index contributed by atoms with van der Waals surface area (Å²) in [5, 5.41) is 1.43. The van der Waals surface area contributed by atoms with E-state index < -0.39 is 6.04 Å². The van der Waals surface area contributed by atoms with Gasteiger partial charge in [-0.05, 0) is 32.1 Å². The van der Waals surface area contributed by atoms with Crippen LogP contribution < -0.4 is 10.9 Å². The molecule has 8 heteroatoms. The second-order valence-electron chi connectivity index (χ2n) is 6.80. The minimum absolute atomic E-state index is 0.0110. The average Bonchev–Trinajstić information content (AvgIpc) is 2.76. The molecule has 8 nitrogen and oxygen atoms in total. The normalized spacial score (nSPS) is 26.3. The third-order valence-corrected chi connectivity index (χ3v) is 5.14. The van der Waals surface area contributed by atoms with Gasteiger partial charge in [-0.3, -0.25) is 25.3 Å². The molecule has 2 atom stereocenters. The third kappa shape index (κ3) is 3.33. The SMILES string of the molecule is CCCCON1C(=O)N2C[C@@H]1CC[C@H]2C(=O)NNC(=O)C1CCC1. The number of hydrazine groups is 1. The zero-order chi connectivity index (χ0) is 17.1. The van der Waals surface area contributed by atoms with Crippen molar-refractivity contribution in [3.8, 4) is 0 Å². The van der Waals surface area contributed by atoms with E-state index in [0.29, 0.717) is 19.6 Å². The van der Waals surface area contributed by atoms with Crippen molar-refractivity contribution >= 4 is 17.8 Å². The second-order valence-corrected chi connectivity index (χ2v) is 6.80. The number of piperidine rings is 1. The molecule has 3 aliphatic rings. The Labute approximate surface area is 141 Å². The van der Waals surface area contributed by atoms with Crippen molar-refractivity contribution in [2.24, 2.45) is 5.92 Å². The topological polar surface area (TPSA) is 91.0 Å². The van der Waals surface area contributed by atoms with Gasteiger partial charge in [0.25, 0.3) is 5.91 Å². The molecule has 3 fully saturated rings. The lowest BCUT2D eigenvalue weighted by Crippen LogP contribution is -2.55. The monoisotopic (exact) mass is 338 g/mol. The van der Waals surface area contributed by atoms with Crippen molar-refractivity contribution in [1.29, 1.82) is 0 Å². The summed E-state index contributed by atoms with van der Waals surface area (Å²) < 4.78 is 0. The summed E-state index contributed by atoms with van der Waals surface area (Å²) in [6, 6.07) is -0.780. The highest BCUT2D eigenvalue weighted by Crippen LogP contribution is 2.30. The molecule has 4 amide bonds. The predicted octanol–water partition coefficient (Wildman–Crippen LogP) is 0.934. The van der Waals surface area contributed by atoms with Gasteiger partial charge >= 0.3 is 6.03 Å². The highest BCUT2D eigenvalue weighted by atomic mass is 16.7. The summed E-state index contributed by atoms with van der Waals surface area (Å²) >= 11 is 0. The fourth-order valence-electron chi connectivity index (χ4n) is 3.36. The van der Waals surface area contributed by atoms with Crippen LogP contribution in [0.4, 0.5) is 4.79 Å². The van der Waals surface area contributed by atoms with Crippen molar-refractivity contribution in [2.75, 3.05) is 13.2 Å². The smallest absolute Gasteiger partial charge is 0.309 e. The lowest BCUT2D eigenvalue weighted by Gasteiger charge is -2.30. The maximum Gasteiger partial charge on any atom is 0.345 e. The number of fused-ring (bicyclic) bond motifs is 2. The van der Waals surface area contributed by atoms with Crippen molar-refractivity contribution in [3.63, 3.8) is 0 Å². The molecule has 0 aromatic carbocycles. The first kappa shape index (κ1) is 17.0. The lowest BCUT2D eigenvalue weighted by molar-refractivity contribution is -0.135. The largest absolute Gasteiger partial charge is 0.345 e. The van der Waals surface area contributed by atoms with E-state index in [4.69, 9.17) is 4.84 Å². The number of carbonyl (C=O) groups is 3. The summed E-state index contributed by atoms with van der Waals surface area (Å²) in [5.74, 6) is -0.456. The van der Waals surface area contributed by atoms with Crippen LogP contribution in [-0.4, -0.2) is 53.0 Å². The Morgan fingerprint density at radius 1 is 1.17 bits per heavy atom. The van der Waals surface area contributed by atoms with E-state index in [0.717, 1.165) is 38.5 Å². The minimum atomic E-state index is -0.546. The predicted molar refractivity (Wildman–Crippen MR) is 85.2 cm³/mol. The fourth-order valence-corrected chi connectivity index (χ4v) is 3.36. The number of hydrogen-bond donors (Lipinski definition) is 2. The van der Waals surface area contributed by atoms with Crippen molar-refractivity contribution in [2.45, 2.75) is 64.0 Å². The van der Waals surface area contributed by atoms with Gasteiger partial charge in [-0.15, -0.1) is 0 Å². The van der Waals surface area contributed by atoms with Crippen molar-refractivity contribution in [1.82, 2.24) is 20.8 Å². The number of amides is 4. The first-order chi connectivity index (χ1) is 11.6. The molecule has 0 aromatic rings. The number of carbonyl (C=O) groups excluding carboxylic acids is 3. The summed E-state index contributed by atoms with van der Waals surface area (Å²) in [6.45, 7) is 3.08. The van der Waals surface area contributed by atoms with E-state index in [9.17, 15) is 14.4 Å². The van der Waals surface area contributed by atoms with Crippen LogP contribution in [0.2, 0.25) is 0 Å². The molecule has 2 aliphatic heterocycles. The Hall–Kier alpha value is -1.83. The molecule has 0 aromatic heterocycles. The van der Waals surface area contributed by atoms with E-state index >= 15 is 0 Å². The lowest BCUT2D eigenvalue weighted by atomic mass is 9.85. The van der Waals surface area contributed by atoms with Gasteiger partial charge in [-0.1, -0.05) is 19.8 Å². The van der Waals surface area contributed by atoms with E-state index in [-0.39, 0.29) is 29.8 Å². The molecule has 0 spiro atoms. The molecular formula is C16H26N4O4. The number of hydrogen-bond acceptors (Lipinski definition) is 4. The van der Waals surface area contributed by atoms with Gasteiger partial charge in [0, 0.05) is 12.5 Å². The molecule has 1 saturated carbocycles.